The first-order chi connectivity index (χ1) is 15.1. The molecule has 0 atom stereocenters. The Morgan fingerprint density at radius 1 is 1.23 bits per heavy atom. The molecule has 162 valence electrons. The fourth-order valence-electron chi connectivity index (χ4n) is 4.81. The van der Waals surface area contributed by atoms with Crippen LogP contribution in [0.15, 0.2) is 36.7 Å². The summed E-state index contributed by atoms with van der Waals surface area (Å²) in [5.41, 5.74) is 0.696. The average Bonchev–Trinajstić information content (AvgIpc) is 3.42. The number of piperidine rings is 1. The summed E-state index contributed by atoms with van der Waals surface area (Å²) in [7, 11) is 1.43. The number of aromatic nitrogens is 4. The number of nitrogens with zero attached hydrogens (tertiary/aromatic N) is 6. The SMILES string of the molecule is COC(=O)N1Cc2nnc(-c3cccnc3)n2C2(CCN(Cc3ccc(C)s3)CC2)C1. The molecule has 0 N–H and O–H groups in total. The molecule has 1 spiro atoms. The topological polar surface area (TPSA) is 76.4 Å². The summed E-state index contributed by atoms with van der Waals surface area (Å²) in [6.45, 7) is 6.03. The lowest BCUT2D eigenvalue weighted by Crippen LogP contribution is -2.56. The molecule has 0 unspecified atom stereocenters. The molecule has 0 aliphatic carbocycles. The first kappa shape index (κ1) is 20.1. The van der Waals surface area contributed by atoms with Crippen LogP contribution in [0.4, 0.5) is 4.79 Å². The van der Waals surface area contributed by atoms with Crippen molar-refractivity contribution in [1.29, 1.82) is 0 Å². The van der Waals surface area contributed by atoms with E-state index in [0.717, 1.165) is 49.7 Å². The van der Waals surface area contributed by atoms with E-state index < -0.39 is 0 Å². The van der Waals surface area contributed by atoms with E-state index in [1.165, 1.54) is 16.9 Å². The molecular weight excluding hydrogens is 412 g/mol. The summed E-state index contributed by atoms with van der Waals surface area (Å²) in [5, 5.41) is 8.97. The van der Waals surface area contributed by atoms with Crippen LogP contribution in [-0.4, -0.2) is 62.4 Å². The molecule has 1 amide bonds. The monoisotopic (exact) mass is 438 g/mol. The lowest BCUT2D eigenvalue weighted by molar-refractivity contribution is 0.0344. The number of thiophene rings is 1. The van der Waals surface area contributed by atoms with Crippen molar-refractivity contribution in [2.75, 3.05) is 26.7 Å². The average molecular weight is 439 g/mol. The number of hydrogen-bond acceptors (Lipinski definition) is 7. The number of aryl methyl sites for hydroxylation is 1. The van der Waals surface area contributed by atoms with Crippen LogP contribution < -0.4 is 0 Å². The van der Waals surface area contributed by atoms with Gasteiger partial charge in [0, 0.05) is 53.9 Å². The van der Waals surface area contributed by atoms with Gasteiger partial charge >= 0.3 is 6.09 Å². The third kappa shape index (κ3) is 3.72. The maximum absolute atomic E-state index is 12.4. The number of methoxy groups -OCH3 is 1. The minimum atomic E-state index is -0.312. The molecule has 5 rings (SSSR count). The highest BCUT2D eigenvalue weighted by molar-refractivity contribution is 7.11. The smallest absolute Gasteiger partial charge is 0.409 e. The molecule has 0 saturated carbocycles. The predicted octanol–water partition coefficient (Wildman–Crippen LogP) is 3.28. The van der Waals surface area contributed by atoms with Gasteiger partial charge in [-0.15, -0.1) is 21.5 Å². The Balaban J connectivity index is 1.46. The summed E-state index contributed by atoms with van der Waals surface area (Å²) in [6, 6.07) is 8.34. The zero-order chi connectivity index (χ0) is 21.4. The van der Waals surface area contributed by atoms with E-state index in [1.54, 1.807) is 11.1 Å². The van der Waals surface area contributed by atoms with Crippen molar-refractivity contribution in [2.45, 2.75) is 38.4 Å². The summed E-state index contributed by atoms with van der Waals surface area (Å²) < 4.78 is 7.32. The van der Waals surface area contributed by atoms with Crippen LogP contribution in [0.3, 0.4) is 0 Å². The van der Waals surface area contributed by atoms with Gasteiger partial charge < -0.3 is 9.30 Å². The highest BCUT2D eigenvalue weighted by atomic mass is 32.1. The zero-order valence-electron chi connectivity index (χ0n) is 17.8. The Bertz CT molecular complexity index is 1070. The van der Waals surface area contributed by atoms with Crippen LogP contribution in [0.25, 0.3) is 11.4 Å². The highest BCUT2D eigenvalue weighted by Gasteiger charge is 2.45. The largest absolute Gasteiger partial charge is 0.453 e. The number of rotatable bonds is 3. The van der Waals surface area contributed by atoms with Crippen molar-refractivity contribution in [3.8, 4) is 11.4 Å². The van der Waals surface area contributed by atoms with Crippen LogP contribution >= 0.6 is 11.3 Å². The second-order valence-electron chi connectivity index (χ2n) is 8.36. The standard InChI is InChI=1S/C22H26N6O2S/c1-16-5-6-18(31-16)13-26-10-7-22(8-11-26)15-27(21(29)30-2)14-19-24-25-20(28(19)22)17-4-3-9-23-12-17/h3-6,9,12H,7-8,10-11,13-15H2,1-2H3. The molecule has 1 fully saturated rings. The molecule has 8 nitrogen and oxygen atoms in total. The van der Waals surface area contributed by atoms with Gasteiger partial charge in [0.25, 0.3) is 0 Å². The van der Waals surface area contributed by atoms with Crippen molar-refractivity contribution < 1.29 is 9.53 Å². The third-order valence-electron chi connectivity index (χ3n) is 6.34. The lowest BCUT2D eigenvalue weighted by Gasteiger charge is -2.48. The Morgan fingerprint density at radius 2 is 2.06 bits per heavy atom. The summed E-state index contributed by atoms with van der Waals surface area (Å²) >= 11 is 1.86. The second kappa shape index (κ2) is 8.05. The number of pyridine rings is 1. The second-order valence-corrected chi connectivity index (χ2v) is 9.73. The van der Waals surface area contributed by atoms with Crippen LogP contribution in [0, 0.1) is 6.92 Å². The molecule has 1 saturated heterocycles. The third-order valence-corrected chi connectivity index (χ3v) is 7.32. The quantitative estimate of drug-likeness (QED) is 0.625. The molecule has 2 aliphatic heterocycles. The first-order valence-electron chi connectivity index (χ1n) is 10.5. The number of hydrogen-bond donors (Lipinski definition) is 0. The number of amides is 1. The van der Waals surface area contributed by atoms with Gasteiger partial charge in [0.2, 0.25) is 0 Å². The molecule has 5 heterocycles. The van der Waals surface area contributed by atoms with Gasteiger partial charge in [0.05, 0.1) is 19.2 Å². The van der Waals surface area contributed by atoms with E-state index in [-0.39, 0.29) is 11.6 Å². The molecule has 2 aliphatic rings. The van der Waals surface area contributed by atoms with Gasteiger partial charge in [-0.1, -0.05) is 0 Å². The van der Waals surface area contributed by atoms with Crippen molar-refractivity contribution in [2.24, 2.45) is 0 Å². The van der Waals surface area contributed by atoms with Crippen molar-refractivity contribution in [1.82, 2.24) is 29.5 Å². The molecule has 0 radical (unpaired) electrons. The highest BCUT2D eigenvalue weighted by Crippen LogP contribution is 2.39. The zero-order valence-corrected chi connectivity index (χ0v) is 18.6. The van der Waals surface area contributed by atoms with E-state index in [1.807, 2.05) is 29.7 Å². The molecule has 3 aromatic heterocycles. The van der Waals surface area contributed by atoms with Gasteiger partial charge in [-0.2, -0.15) is 0 Å². The molecule has 3 aromatic rings. The van der Waals surface area contributed by atoms with E-state index in [0.29, 0.717) is 13.1 Å². The normalized spacial score (nSPS) is 18.2. The van der Waals surface area contributed by atoms with Gasteiger partial charge in [-0.3, -0.25) is 14.8 Å². The Labute approximate surface area is 185 Å². The summed E-state index contributed by atoms with van der Waals surface area (Å²) in [4.78, 5) is 23.7. The maximum atomic E-state index is 12.4. The number of carbonyl (C=O) groups is 1. The van der Waals surface area contributed by atoms with Crippen LogP contribution in [0.1, 0.15) is 28.4 Å². The maximum Gasteiger partial charge on any atom is 0.409 e. The van der Waals surface area contributed by atoms with E-state index in [9.17, 15) is 4.79 Å². The van der Waals surface area contributed by atoms with Crippen molar-refractivity contribution in [3.63, 3.8) is 0 Å². The van der Waals surface area contributed by atoms with Crippen LogP contribution in [0.5, 0.6) is 0 Å². The van der Waals surface area contributed by atoms with Crippen LogP contribution in [-0.2, 0) is 23.4 Å². The van der Waals surface area contributed by atoms with E-state index >= 15 is 0 Å². The number of carbonyl (C=O) groups excluding carboxylic acids is 1. The summed E-state index contributed by atoms with van der Waals surface area (Å²) in [5.74, 6) is 1.63. The fourth-order valence-corrected chi connectivity index (χ4v) is 5.74. The predicted molar refractivity (Wildman–Crippen MR) is 118 cm³/mol. The minimum Gasteiger partial charge on any atom is -0.453 e. The van der Waals surface area contributed by atoms with Crippen molar-refractivity contribution in [3.05, 3.63) is 52.2 Å². The molecule has 31 heavy (non-hydrogen) atoms. The lowest BCUT2D eigenvalue weighted by atomic mass is 9.84. The van der Waals surface area contributed by atoms with Gasteiger partial charge in [0.15, 0.2) is 11.6 Å². The molecular formula is C22H26N6O2S. The van der Waals surface area contributed by atoms with Crippen LogP contribution in [0.2, 0.25) is 0 Å². The fraction of sp³-hybridized carbons (Fsp3) is 0.455. The Morgan fingerprint density at radius 3 is 2.74 bits per heavy atom. The van der Waals surface area contributed by atoms with Gasteiger partial charge in [-0.05, 0) is 44.0 Å². The minimum absolute atomic E-state index is 0.252. The molecule has 9 heteroatoms. The Kier molecular flexibility index (Phi) is 5.23. The molecule has 0 aromatic carbocycles. The van der Waals surface area contributed by atoms with Gasteiger partial charge in [0.1, 0.15) is 0 Å². The number of likely N-dealkylation sites (tertiary alicyclic amines) is 1. The van der Waals surface area contributed by atoms with Gasteiger partial charge in [-0.25, -0.2) is 4.79 Å². The Hall–Kier alpha value is -2.78. The van der Waals surface area contributed by atoms with E-state index in [4.69, 9.17) is 4.74 Å². The number of fused-ring (bicyclic) bond motifs is 2. The number of ether oxygens (including phenoxy) is 1. The van der Waals surface area contributed by atoms with Crippen molar-refractivity contribution >= 4 is 17.4 Å². The summed E-state index contributed by atoms with van der Waals surface area (Å²) in [6.07, 6.45) is 5.11. The first-order valence-corrected chi connectivity index (χ1v) is 11.4. The molecule has 0 bridgehead atoms. The van der Waals surface area contributed by atoms with E-state index in [2.05, 4.69) is 43.7 Å².